The van der Waals surface area contributed by atoms with E-state index in [-0.39, 0.29) is 5.91 Å². The lowest BCUT2D eigenvalue weighted by atomic mass is 10.00. The van der Waals surface area contributed by atoms with Crippen molar-refractivity contribution in [1.82, 2.24) is 25.3 Å². The first-order chi connectivity index (χ1) is 17.6. The molecule has 2 fully saturated rings. The van der Waals surface area contributed by atoms with Gasteiger partial charge in [-0.15, -0.1) is 0 Å². The van der Waals surface area contributed by atoms with Gasteiger partial charge < -0.3 is 20.3 Å². The molecule has 2 atom stereocenters. The lowest BCUT2D eigenvalue weighted by Crippen LogP contribution is -2.46. The molecule has 8 heteroatoms. The Morgan fingerprint density at radius 1 is 1.22 bits per heavy atom. The van der Waals surface area contributed by atoms with E-state index in [1.165, 1.54) is 5.52 Å². The second kappa shape index (κ2) is 11.2. The second-order valence-corrected chi connectivity index (χ2v) is 9.91. The van der Waals surface area contributed by atoms with E-state index in [1.54, 1.807) is 0 Å². The van der Waals surface area contributed by atoms with E-state index >= 15 is 0 Å². The van der Waals surface area contributed by atoms with E-state index in [4.69, 9.17) is 9.84 Å². The minimum atomic E-state index is -0.601. The number of nitrogens with zero attached hydrogens (tertiary/aromatic N) is 4. The molecule has 0 aliphatic carbocycles. The van der Waals surface area contributed by atoms with E-state index in [0.29, 0.717) is 25.6 Å². The molecule has 2 aliphatic rings. The molecular formula is C28H34N6O2. The van der Waals surface area contributed by atoms with Crippen LogP contribution in [0.25, 0.3) is 22.0 Å². The number of carbonyl (C=O) groups is 1. The molecule has 1 aromatic heterocycles. The number of carbonyl (C=O) groups excluding carboxylic acids is 1. The highest BCUT2D eigenvalue weighted by Gasteiger charge is 2.24. The maximum Gasteiger partial charge on any atom is 0.251 e. The molecule has 0 radical (unpaired) electrons. The summed E-state index contributed by atoms with van der Waals surface area (Å²) in [5.74, 6) is -0.234. The minimum Gasteiger partial charge on any atom is -0.367 e. The van der Waals surface area contributed by atoms with E-state index < -0.39 is 12.1 Å². The fourth-order valence-electron chi connectivity index (χ4n) is 5.09. The third-order valence-electron chi connectivity index (χ3n) is 7.27. The quantitative estimate of drug-likeness (QED) is 0.556. The smallest absolute Gasteiger partial charge is 0.251 e. The van der Waals surface area contributed by atoms with Crippen molar-refractivity contribution in [2.75, 3.05) is 39.8 Å². The predicted octanol–water partition coefficient (Wildman–Crippen LogP) is 2.90. The maximum absolute atomic E-state index is 12.6. The number of rotatable bonds is 6. The zero-order chi connectivity index (χ0) is 24.9. The molecule has 0 saturated carbocycles. The maximum atomic E-state index is 12.6. The van der Waals surface area contributed by atoms with E-state index in [1.807, 2.05) is 18.3 Å². The molecule has 188 valence electrons. The summed E-state index contributed by atoms with van der Waals surface area (Å²) < 4.78 is 7.81. The number of likely N-dealkylation sites (tertiary alicyclic amines) is 1. The second-order valence-electron chi connectivity index (χ2n) is 9.91. The van der Waals surface area contributed by atoms with Gasteiger partial charge in [0.25, 0.3) is 5.91 Å². The van der Waals surface area contributed by atoms with Gasteiger partial charge in [-0.1, -0.05) is 36.4 Å². The van der Waals surface area contributed by atoms with Crippen LogP contribution in [-0.2, 0) is 16.0 Å². The number of piperidine rings is 1. The number of fused-ring (bicyclic) bond motifs is 1. The Balaban J connectivity index is 1.26. The summed E-state index contributed by atoms with van der Waals surface area (Å²) in [5, 5.41) is 21.5. The first kappa shape index (κ1) is 24.4. The first-order valence-corrected chi connectivity index (χ1v) is 12.9. The van der Waals surface area contributed by atoms with Gasteiger partial charge in [0.1, 0.15) is 12.1 Å². The highest BCUT2D eigenvalue weighted by atomic mass is 16.5. The Morgan fingerprint density at radius 3 is 2.78 bits per heavy atom. The molecule has 2 aromatic carbocycles. The third kappa shape index (κ3) is 5.59. The molecule has 2 N–H and O–H groups in total. The van der Waals surface area contributed by atoms with Gasteiger partial charge in [0, 0.05) is 25.0 Å². The van der Waals surface area contributed by atoms with E-state index in [0.717, 1.165) is 61.0 Å². The summed E-state index contributed by atoms with van der Waals surface area (Å²) in [6.45, 7) is 4.06. The summed E-state index contributed by atoms with van der Waals surface area (Å²) >= 11 is 0. The first-order valence-electron chi connectivity index (χ1n) is 12.9. The van der Waals surface area contributed by atoms with E-state index in [9.17, 15) is 10.1 Å². The standard InChI is InChI=1S/C28H34N6O2/c1-33-12-9-25(10-13-33)34-26-16-22(7-8-23(26)18-31-34)21-5-3-20(4-6-21)15-24(17-29)32-28(35)27-19-30-11-2-14-36-27/h3-8,16,18,24-25,27,30H,2,9-15,19H2,1H3,(H,32,35). The Morgan fingerprint density at radius 2 is 2.00 bits per heavy atom. The molecule has 1 amide bonds. The number of amides is 1. The van der Waals surface area contributed by atoms with Crippen LogP contribution < -0.4 is 10.6 Å². The van der Waals surface area contributed by atoms with Crippen molar-refractivity contribution in [3.8, 4) is 17.2 Å². The molecule has 2 unspecified atom stereocenters. The molecule has 3 heterocycles. The summed E-state index contributed by atoms with van der Waals surface area (Å²) in [7, 11) is 2.18. The fraction of sp³-hybridized carbons (Fsp3) is 0.464. The summed E-state index contributed by atoms with van der Waals surface area (Å²) in [5.41, 5.74) is 4.44. The number of nitriles is 1. The monoisotopic (exact) mass is 486 g/mol. The Labute approximate surface area is 212 Å². The minimum absolute atomic E-state index is 0.234. The zero-order valence-electron chi connectivity index (χ0n) is 20.8. The van der Waals surface area contributed by atoms with Gasteiger partial charge in [-0.2, -0.15) is 10.4 Å². The highest BCUT2D eigenvalue weighted by Crippen LogP contribution is 2.29. The molecule has 8 nitrogen and oxygen atoms in total. The van der Waals surface area contributed by atoms with Crippen molar-refractivity contribution >= 4 is 16.8 Å². The number of hydrogen-bond donors (Lipinski definition) is 2. The van der Waals surface area contributed by atoms with Crippen LogP contribution in [0.5, 0.6) is 0 Å². The molecule has 36 heavy (non-hydrogen) atoms. The van der Waals surface area contributed by atoms with Gasteiger partial charge in [-0.05, 0) is 68.7 Å². The van der Waals surface area contributed by atoms with Crippen molar-refractivity contribution in [3.63, 3.8) is 0 Å². The Bertz CT molecular complexity index is 1220. The molecule has 2 aliphatic heterocycles. The van der Waals surface area contributed by atoms with Crippen LogP contribution in [0.3, 0.4) is 0 Å². The molecule has 5 rings (SSSR count). The van der Waals surface area contributed by atoms with Crippen LogP contribution in [0.2, 0.25) is 0 Å². The number of benzene rings is 2. The number of hydrogen-bond acceptors (Lipinski definition) is 6. The van der Waals surface area contributed by atoms with Crippen molar-refractivity contribution in [2.24, 2.45) is 0 Å². The lowest BCUT2D eigenvalue weighted by Gasteiger charge is -2.29. The van der Waals surface area contributed by atoms with Crippen LogP contribution in [0.4, 0.5) is 0 Å². The number of aromatic nitrogens is 2. The van der Waals surface area contributed by atoms with Crippen molar-refractivity contribution in [1.29, 1.82) is 5.26 Å². The van der Waals surface area contributed by atoms with Crippen LogP contribution >= 0.6 is 0 Å². The van der Waals surface area contributed by atoms with Gasteiger partial charge in [-0.3, -0.25) is 9.48 Å². The third-order valence-corrected chi connectivity index (χ3v) is 7.27. The number of nitrogens with one attached hydrogen (secondary N) is 2. The highest BCUT2D eigenvalue weighted by molar-refractivity contribution is 5.84. The van der Waals surface area contributed by atoms with Crippen molar-refractivity contribution in [3.05, 3.63) is 54.2 Å². The average Bonchev–Trinajstić information content (AvgIpc) is 3.13. The van der Waals surface area contributed by atoms with Gasteiger partial charge in [0.15, 0.2) is 0 Å². The predicted molar refractivity (Wildman–Crippen MR) is 139 cm³/mol. The summed E-state index contributed by atoms with van der Waals surface area (Å²) in [6, 6.07) is 16.8. The van der Waals surface area contributed by atoms with Gasteiger partial charge in [0.2, 0.25) is 0 Å². The largest absolute Gasteiger partial charge is 0.367 e. The van der Waals surface area contributed by atoms with Crippen LogP contribution in [-0.4, -0.2) is 72.6 Å². The van der Waals surface area contributed by atoms with Gasteiger partial charge in [-0.25, -0.2) is 0 Å². The van der Waals surface area contributed by atoms with Crippen molar-refractivity contribution < 1.29 is 9.53 Å². The number of ether oxygens (including phenoxy) is 1. The average molecular weight is 487 g/mol. The normalized spacial score (nSPS) is 20.5. The molecule has 3 aromatic rings. The topological polar surface area (TPSA) is 95.2 Å². The Hall–Kier alpha value is -3.25. The van der Waals surface area contributed by atoms with Gasteiger partial charge in [0.05, 0.1) is 23.8 Å². The zero-order valence-corrected chi connectivity index (χ0v) is 20.8. The van der Waals surface area contributed by atoms with Crippen LogP contribution in [0, 0.1) is 11.3 Å². The van der Waals surface area contributed by atoms with Crippen LogP contribution in [0.15, 0.2) is 48.7 Å². The lowest BCUT2D eigenvalue weighted by molar-refractivity contribution is -0.132. The van der Waals surface area contributed by atoms with Crippen molar-refractivity contribution in [2.45, 2.75) is 43.9 Å². The van der Waals surface area contributed by atoms with Gasteiger partial charge >= 0.3 is 0 Å². The molecule has 0 spiro atoms. The Kier molecular flexibility index (Phi) is 7.61. The molecule has 2 saturated heterocycles. The van der Waals surface area contributed by atoms with E-state index in [2.05, 4.69) is 63.7 Å². The summed E-state index contributed by atoms with van der Waals surface area (Å²) in [6.07, 6.45) is 4.98. The molecular weight excluding hydrogens is 452 g/mol. The SMILES string of the molecule is CN1CCC(n2ncc3ccc(-c4ccc(CC(C#N)NC(=O)C5CNCCCO5)cc4)cc32)CC1. The fourth-order valence-corrected chi connectivity index (χ4v) is 5.09. The summed E-state index contributed by atoms with van der Waals surface area (Å²) in [4.78, 5) is 14.9. The van der Waals surface area contributed by atoms with Crippen LogP contribution in [0.1, 0.15) is 30.9 Å². The molecule has 0 bridgehead atoms.